The number of hydrogen-bond donors (Lipinski definition) is 1. The Morgan fingerprint density at radius 2 is 1.38 bits per heavy atom. The third-order valence-corrected chi connectivity index (χ3v) is 3.40. The maximum atomic E-state index is 12.5. The molecule has 21 heavy (non-hydrogen) atoms. The number of aliphatic hydroxyl groups excluding tert-OH is 1. The molecule has 0 radical (unpaired) electrons. The standard InChI is InChI=1S/C19H14O2/c20-18(14-8-3-1-4-9-14)16-12-7-13-17(16)19(21)15-10-5-2-6-11-15/h1-13,20H/b18-16+. The zero-order valence-corrected chi connectivity index (χ0v) is 11.4. The lowest BCUT2D eigenvalue weighted by Crippen LogP contribution is -2.05. The normalized spacial score (nSPS) is 15.7. The fraction of sp³-hybridized carbons (Fsp3) is 0. The smallest absolute Gasteiger partial charge is 0.193 e. The summed E-state index contributed by atoms with van der Waals surface area (Å²) in [5, 5.41) is 10.4. The first kappa shape index (κ1) is 13.1. The Hall–Kier alpha value is -2.87. The van der Waals surface area contributed by atoms with Gasteiger partial charge in [-0.2, -0.15) is 0 Å². The van der Waals surface area contributed by atoms with Crippen LogP contribution in [0.25, 0.3) is 5.76 Å². The van der Waals surface area contributed by atoms with Crippen molar-refractivity contribution in [1.29, 1.82) is 0 Å². The van der Waals surface area contributed by atoms with E-state index in [0.29, 0.717) is 22.3 Å². The maximum Gasteiger partial charge on any atom is 0.193 e. The van der Waals surface area contributed by atoms with E-state index in [1.807, 2.05) is 48.5 Å². The highest BCUT2D eigenvalue weighted by Crippen LogP contribution is 2.29. The van der Waals surface area contributed by atoms with Crippen molar-refractivity contribution in [1.82, 2.24) is 0 Å². The second-order valence-corrected chi connectivity index (χ2v) is 4.76. The lowest BCUT2D eigenvalue weighted by molar-refractivity contribution is 0.103. The molecular weight excluding hydrogens is 260 g/mol. The first-order valence-corrected chi connectivity index (χ1v) is 6.74. The number of carbonyl (C=O) groups excluding carboxylic acids is 1. The van der Waals surface area contributed by atoms with Crippen LogP contribution in [0.15, 0.2) is 90.0 Å². The van der Waals surface area contributed by atoms with E-state index < -0.39 is 0 Å². The zero-order valence-electron chi connectivity index (χ0n) is 11.4. The molecule has 0 spiro atoms. The topological polar surface area (TPSA) is 37.3 Å². The highest BCUT2D eigenvalue weighted by molar-refractivity contribution is 6.14. The summed E-state index contributed by atoms with van der Waals surface area (Å²) >= 11 is 0. The first-order valence-electron chi connectivity index (χ1n) is 6.74. The Kier molecular flexibility index (Phi) is 3.52. The van der Waals surface area contributed by atoms with Crippen molar-refractivity contribution in [3.05, 3.63) is 101 Å². The monoisotopic (exact) mass is 274 g/mol. The number of allylic oxidation sites excluding steroid dienone is 5. The number of ketones is 1. The molecule has 0 aliphatic heterocycles. The van der Waals surface area contributed by atoms with Crippen LogP contribution in [0.5, 0.6) is 0 Å². The number of benzene rings is 2. The van der Waals surface area contributed by atoms with Gasteiger partial charge in [0, 0.05) is 22.3 Å². The molecule has 0 saturated heterocycles. The predicted molar refractivity (Wildman–Crippen MR) is 84.0 cm³/mol. The Balaban J connectivity index is 2.00. The van der Waals surface area contributed by atoms with Crippen LogP contribution in [0.1, 0.15) is 15.9 Å². The summed E-state index contributed by atoms with van der Waals surface area (Å²) in [6.45, 7) is 0. The SMILES string of the molecule is O=C(C1=CC=C/C1=C(\O)c1ccccc1)c1ccccc1. The lowest BCUT2D eigenvalue weighted by atomic mass is 9.96. The number of carbonyl (C=O) groups is 1. The van der Waals surface area contributed by atoms with E-state index >= 15 is 0 Å². The van der Waals surface area contributed by atoms with Crippen LogP contribution < -0.4 is 0 Å². The number of Topliss-reactive ketones (excluding diaryl/α,β-unsaturated/α-hetero) is 1. The van der Waals surface area contributed by atoms with Crippen LogP contribution in [-0.2, 0) is 0 Å². The minimum absolute atomic E-state index is 0.0851. The number of hydrogen-bond acceptors (Lipinski definition) is 2. The van der Waals surface area contributed by atoms with Crippen molar-refractivity contribution in [3.63, 3.8) is 0 Å². The van der Waals surface area contributed by atoms with Gasteiger partial charge in [0.15, 0.2) is 5.78 Å². The summed E-state index contributed by atoms with van der Waals surface area (Å²) in [6.07, 6.45) is 5.28. The molecular formula is C19H14O2. The van der Waals surface area contributed by atoms with Gasteiger partial charge in [-0.3, -0.25) is 4.79 Å². The van der Waals surface area contributed by atoms with Crippen molar-refractivity contribution >= 4 is 11.5 Å². The molecule has 1 N–H and O–H groups in total. The molecule has 0 heterocycles. The van der Waals surface area contributed by atoms with Crippen LogP contribution >= 0.6 is 0 Å². The maximum absolute atomic E-state index is 12.5. The second kappa shape index (κ2) is 5.63. The molecule has 0 bridgehead atoms. The molecule has 2 aromatic carbocycles. The van der Waals surface area contributed by atoms with Crippen LogP contribution in [0.2, 0.25) is 0 Å². The Morgan fingerprint density at radius 1 is 0.810 bits per heavy atom. The van der Waals surface area contributed by atoms with E-state index in [0.717, 1.165) is 0 Å². The van der Waals surface area contributed by atoms with Gasteiger partial charge in [0.1, 0.15) is 5.76 Å². The molecule has 3 rings (SSSR count). The van der Waals surface area contributed by atoms with Gasteiger partial charge in [-0.15, -0.1) is 0 Å². The Labute approximate surface area is 123 Å². The van der Waals surface area contributed by atoms with E-state index in [9.17, 15) is 9.90 Å². The number of aliphatic hydroxyl groups is 1. The Bertz CT molecular complexity index is 751. The second-order valence-electron chi connectivity index (χ2n) is 4.76. The van der Waals surface area contributed by atoms with Gasteiger partial charge in [0.2, 0.25) is 0 Å². The summed E-state index contributed by atoms with van der Waals surface area (Å²) in [4.78, 5) is 12.5. The van der Waals surface area contributed by atoms with Gasteiger partial charge in [-0.25, -0.2) is 0 Å². The molecule has 0 aromatic heterocycles. The summed E-state index contributed by atoms with van der Waals surface area (Å²) in [6, 6.07) is 18.3. The average molecular weight is 274 g/mol. The fourth-order valence-corrected chi connectivity index (χ4v) is 2.32. The largest absolute Gasteiger partial charge is 0.507 e. The van der Waals surface area contributed by atoms with E-state index in [2.05, 4.69) is 0 Å². The molecule has 2 nitrogen and oxygen atoms in total. The van der Waals surface area contributed by atoms with Crippen LogP contribution in [0, 0.1) is 0 Å². The lowest BCUT2D eigenvalue weighted by Gasteiger charge is -2.08. The Morgan fingerprint density at radius 3 is 2.00 bits per heavy atom. The first-order chi connectivity index (χ1) is 10.3. The highest BCUT2D eigenvalue weighted by Gasteiger charge is 2.20. The molecule has 102 valence electrons. The third-order valence-electron chi connectivity index (χ3n) is 3.40. The van der Waals surface area contributed by atoms with Crippen LogP contribution in [0.3, 0.4) is 0 Å². The molecule has 0 unspecified atom stereocenters. The molecule has 0 amide bonds. The minimum Gasteiger partial charge on any atom is -0.507 e. The average Bonchev–Trinajstić information content (AvgIpc) is 3.04. The predicted octanol–water partition coefficient (Wildman–Crippen LogP) is 4.33. The van der Waals surface area contributed by atoms with E-state index in [-0.39, 0.29) is 11.5 Å². The van der Waals surface area contributed by atoms with E-state index in [1.165, 1.54) is 0 Å². The molecule has 0 fully saturated rings. The van der Waals surface area contributed by atoms with Gasteiger partial charge < -0.3 is 5.11 Å². The minimum atomic E-state index is -0.0851. The van der Waals surface area contributed by atoms with E-state index in [4.69, 9.17) is 0 Å². The summed E-state index contributed by atoms with van der Waals surface area (Å²) in [5.41, 5.74) is 2.40. The molecule has 0 atom stereocenters. The molecule has 1 aliphatic carbocycles. The quantitative estimate of drug-likeness (QED) is 0.668. The van der Waals surface area contributed by atoms with Gasteiger partial charge in [-0.1, -0.05) is 78.9 Å². The van der Waals surface area contributed by atoms with Crippen molar-refractivity contribution < 1.29 is 9.90 Å². The number of rotatable bonds is 3. The van der Waals surface area contributed by atoms with Crippen molar-refractivity contribution in [2.75, 3.05) is 0 Å². The van der Waals surface area contributed by atoms with Crippen LogP contribution in [-0.4, -0.2) is 10.9 Å². The zero-order chi connectivity index (χ0) is 14.7. The molecule has 0 saturated carbocycles. The van der Waals surface area contributed by atoms with Crippen molar-refractivity contribution in [3.8, 4) is 0 Å². The summed E-state index contributed by atoms with van der Waals surface area (Å²) in [5.74, 6) is 0.0398. The van der Waals surface area contributed by atoms with E-state index in [1.54, 1.807) is 30.4 Å². The summed E-state index contributed by atoms with van der Waals surface area (Å²) < 4.78 is 0. The molecule has 2 heteroatoms. The highest BCUT2D eigenvalue weighted by atomic mass is 16.3. The van der Waals surface area contributed by atoms with Gasteiger partial charge >= 0.3 is 0 Å². The van der Waals surface area contributed by atoms with Crippen molar-refractivity contribution in [2.45, 2.75) is 0 Å². The van der Waals surface area contributed by atoms with Crippen molar-refractivity contribution in [2.24, 2.45) is 0 Å². The van der Waals surface area contributed by atoms with Gasteiger partial charge in [0.05, 0.1) is 0 Å². The molecule has 1 aliphatic rings. The fourth-order valence-electron chi connectivity index (χ4n) is 2.32. The third kappa shape index (κ3) is 2.56. The summed E-state index contributed by atoms with van der Waals surface area (Å²) in [7, 11) is 0. The van der Waals surface area contributed by atoms with Crippen LogP contribution in [0.4, 0.5) is 0 Å². The van der Waals surface area contributed by atoms with Gasteiger partial charge in [0.25, 0.3) is 0 Å². The van der Waals surface area contributed by atoms with Gasteiger partial charge in [-0.05, 0) is 0 Å². The molecule has 2 aromatic rings.